The van der Waals surface area contributed by atoms with Crippen LogP contribution in [0.25, 0.3) is 0 Å². The summed E-state index contributed by atoms with van der Waals surface area (Å²) < 4.78 is 2.76. The average Bonchev–Trinajstić information content (AvgIpc) is 2.09. The van der Waals surface area contributed by atoms with Gasteiger partial charge in [0.15, 0.2) is 0 Å². The van der Waals surface area contributed by atoms with Gasteiger partial charge in [-0.1, -0.05) is 0 Å². The molecule has 2 nitrogen and oxygen atoms in total. The van der Waals surface area contributed by atoms with Crippen LogP contribution in [0.1, 0.15) is 0 Å². The minimum absolute atomic E-state index is 0.00926. The summed E-state index contributed by atoms with van der Waals surface area (Å²) in [6.07, 6.45) is 5.65. The van der Waals surface area contributed by atoms with Gasteiger partial charge in [0.2, 0.25) is 0 Å². The molecule has 0 aliphatic carbocycles. The molecule has 0 saturated heterocycles. The predicted octanol–water partition coefficient (Wildman–Crippen LogP) is 0.584. The molecule has 0 fully saturated rings. The molecule has 0 aliphatic heterocycles. The molecular formula is C4H3CaCl2NOS. The first-order chi connectivity index (χ1) is 4.66. The molecule has 0 aliphatic rings. The van der Waals surface area contributed by atoms with Crippen LogP contribution in [0.3, 0.4) is 0 Å². The molecule has 1 aromatic rings. The van der Waals surface area contributed by atoms with Crippen LogP contribution in [-0.2, 0) is 7.05 Å². The molecule has 0 N–H and O–H groups in total. The summed E-state index contributed by atoms with van der Waals surface area (Å²) in [4.78, 5) is 11.1. The number of halogens is 2. The number of rotatable bonds is 1. The van der Waals surface area contributed by atoms with Gasteiger partial charge in [0.25, 0.3) is 0 Å². The Morgan fingerprint density at radius 3 is 2.50 bits per heavy atom. The molecule has 0 spiro atoms. The van der Waals surface area contributed by atoms with E-state index in [1.807, 2.05) is 0 Å². The monoisotopic (exact) mass is 223 g/mol. The summed E-state index contributed by atoms with van der Waals surface area (Å²) in [5, 5.41) is 0. The zero-order valence-corrected chi connectivity index (χ0v) is 9.76. The van der Waals surface area contributed by atoms with Crippen molar-refractivity contribution in [2.75, 3.05) is 0 Å². The van der Waals surface area contributed by atoms with E-state index in [1.165, 1.54) is 15.5 Å². The number of hydrogen-bond donors (Lipinski definition) is 0. The van der Waals surface area contributed by atoms with E-state index in [4.69, 9.17) is 18.0 Å². The van der Waals surface area contributed by atoms with Crippen LogP contribution in [0, 0.1) is 0 Å². The SMILES string of the molecule is Cn1sc(Cl)[c]([Ca][Cl])c1=O. The topological polar surface area (TPSA) is 22.0 Å². The van der Waals surface area contributed by atoms with E-state index in [2.05, 4.69) is 0 Å². The molecule has 0 amide bonds. The van der Waals surface area contributed by atoms with Crippen LogP contribution >= 0.6 is 29.5 Å². The Balaban J connectivity index is 3.34. The van der Waals surface area contributed by atoms with Crippen LogP contribution < -0.4 is 7.22 Å². The van der Waals surface area contributed by atoms with Gasteiger partial charge in [-0.15, -0.1) is 0 Å². The van der Waals surface area contributed by atoms with E-state index in [-0.39, 0.29) is 5.56 Å². The van der Waals surface area contributed by atoms with Crippen LogP contribution in [-0.4, -0.2) is 36.3 Å². The second-order valence-corrected chi connectivity index (χ2v) is 6.14. The predicted molar refractivity (Wildman–Crippen MR) is 45.8 cm³/mol. The summed E-state index contributed by atoms with van der Waals surface area (Å²) in [6.45, 7) is 0. The summed E-state index contributed by atoms with van der Waals surface area (Å²) in [5.74, 6) is 0. The molecule has 52 valence electrons. The average molecular weight is 224 g/mol. The molecule has 1 heterocycles. The van der Waals surface area contributed by atoms with E-state index in [0.717, 1.165) is 0 Å². The first kappa shape index (κ1) is 9.36. The van der Waals surface area contributed by atoms with Crippen molar-refractivity contribution in [3.8, 4) is 0 Å². The van der Waals surface area contributed by atoms with E-state index in [9.17, 15) is 4.79 Å². The van der Waals surface area contributed by atoms with Crippen molar-refractivity contribution in [3.05, 3.63) is 14.7 Å². The fraction of sp³-hybridized carbons (Fsp3) is 0.250. The van der Waals surface area contributed by atoms with Gasteiger partial charge in [-0.25, -0.2) is 0 Å². The molecule has 0 aromatic carbocycles. The van der Waals surface area contributed by atoms with Crippen molar-refractivity contribution in [1.82, 2.24) is 3.96 Å². The van der Waals surface area contributed by atoms with Crippen molar-refractivity contribution in [1.29, 1.82) is 0 Å². The standard InChI is InChI=1S/C4H3ClNOS.Ca.ClH/c1-6-4(7)2-3(5)8-6;;/h1H3;;1H/q;+1;/p-1. The van der Waals surface area contributed by atoms with E-state index >= 15 is 0 Å². The maximum atomic E-state index is 11.1. The molecule has 1 aromatic heterocycles. The summed E-state index contributed by atoms with van der Waals surface area (Å²) in [6, 6.07) is 0. The Morgan fingerprint density at radius 2 is 2.30 bits per heavy atom. The van der Waals surface area contributed by atoms with Crippen LogP contribution in [0.5, 0.6) is 0 Å². The minimum atomic E-state index is -1.32. The van der Waals surface area contributed by atoms with E-state index in [1.54, 1.807) is 7.05 Å². The Labute approximate surface area is 87.9 Å². The molecular weight excluding hydrogens is 221 g/mol. The molecule has 0 radical (unpaired) electrons. The van der Waals surface area contributed by atoms with Crippen molar-refractivity contribution in [2.24, 2.45) is 7.05 Å². The van der Waals surface area contributed by atoms with Crippen molar-refractivity contribution in [2.45, 2.75) is 0 Å². The Bertz CT molecular complexity index is 294. The van der Waals surface area contributed by atoms with Gasteiger partial charge in [0, 0.05) is 0 Å². The zero-order chi connectivity index (χ0) is 7.72. The van der Waals surface area contributed by atoms with Gasteiger partial charge in [-0.3, -0.25) is 0 Å². The Kier molecular flexibility index (Phi) is 3.54. The van der Waals surface area contributed by atoms with Gasteiger partial charge in [-0.2, -0.15) is 0 Å². The second kappa shape index (κ2) is 3.78. The third-order valence-electron chi connectivity index (χ3n) is 1.13. The van der Waals surface area contributed by atoms with Crippen LogP contribution in [0.4, 0.5) is 0 Å². The van der Waals surface area contributed by atoms with Crippen molar-refractivity contribution >= 4 is 63.5 Å². The van der Waals surface area contributed by atoms with Gasteiger partial charge in [-0.05, 0) is 0 Å². The fourth-order valence-electron chi connectivity index (χ4n) is 0.601. The first-order valence-electron chi connectivity index (χ1n) is 2.57. The molecule has 6 heteroatoms. The van der Waals surface area contributed by atoms with Gasteiger partial charge in [0.05, 0.1) is 0 Å². The second-order valence-electron chi connectivity index (χ2n) is 1.78. The van der Waals surface area contributed by atoms with Gasteiger partial charge < -0.3 is 0 Å². The zero-order valence-electron chi connectivity index (χ0n) is 5.23. The summed E-state index contributed by atoms with van der Waals surface area (Å²) in [7, 11) is 1.69. The number of aromatic nitrogens is 1. The van der Waals surface area contributed by atoms with Crippen molar-refractivity contribution in [3.63, 3.8) is 0 Å². The normalized spacial score (nSPS) is 9.50. The molecule has 0 unspecified atom stereocenters. The quantitative estimate of drug-likeness (QED) is 0.640. The molecule has 0 bridgehead atoms. The van der Waals surface area contributed by atoms with Crippen LogP contribution in [0.2, 0.25) is 4.34 Å². The van der Waals surface area contributed by atoms with E-state index < -0.39 is 32.3 Å². The number of nitrogens with zero attached hydrogens (tertiary/aromatic N) is 1. The third kappa shape index (κ3) is 1.71. The maximum absolute atomic E-state index is 11.1. The fourth-order valence-corrected chi connectivity index (χ4v) is 5.02. The van der Waals surface area contributed by atoms with E-state index in [0.29, 0.717) is 6.00 Å². The number of hydrogen-bond acceptors (Lipinski definition) is 2. The summed E-state index contributed by atoms with van der Waals surface area (Å²) in [5.41, 5.74) is -0.00926. The molecule has 1 rings (SSSR count). The molecule has 0 atom stereocenters. The molecule has 0 saturated carbocycles. The van der Waals surface area contributed by atoms with Gasteiger partial charge >= 0.3 is 89.2 Å². The number of aryl methyl sites for hydroxylation is 1. The Hall–Kier alpha value is 1.27. The summed E-state index contributed by atoms with van der Waals surface area (Å²) >= 11 is 5.64. The van der Waals surface area contributed by atoms with Crippen LogP contribution in [0.15, 0.2) is 4.79 Å². The molecule has 10 heavy (non-hydrogen) atoms. The Morgan fingerprint density at radius 1 is 1.70 bits per heavy atom. The van der Waals surface area contributed by atoms with Gasteiger partial charge in [0.1, 0.15) is 0 Å². The van der Waals surface area contributed by atoms with Crippen molar-refractivity contribution < 1.29 is 0 Å². The third-order valence-corrected chi connectivity index (χ3v) is 5.71. The first-order valence-corrected chi connectivity index (χ1v) is 7.87.